The first-order chi connectivity index (χ1) is 9.79. The quantitative estimate of drug-likeness (QED) is 0.830. The van der Waals surface area contributed by atoms with Crippen LogP contribution in [0.1, 0.15) is 32.1 Å². The maximum atomic E-state index is 12.1. The summed E-state index contributed by atoms with van der Waals surface area (Å²) in [6, 6.07) is 3.98. The van der Waals surface area contributed by atoms with E-state index in [1.807, 2.05) is 0 Å². The van der Waals surface area contributed by atoms with Gasteiger partial charge in [0, 0.05) is 30.7 Å². The Morgan fingerprint density at radius 3 is 2.65 bits per heavy atom. The first kappa shape index (κ1) is 14.9. The van der Waals surface area contributed by atoms with Gasteiger partial charge in [0.1, 0.15) is 0 Å². The van der Waals surface area contributed by atoms with E-state index in [0.29, 0.717) is 19.1 Å². The Hall–Kier alpha value is -1.46. The van der Waals surface area contributed by atoms with Crippen molar-refractivity contribution in [2.75, 3.05) is 25.0 Å². The fourth-order valence-corrected chi connectivity index (χ4v) is 2.79. The molecule has 1 fully saturated rings. The number of carbonyl (C=O) groups excluding carboxylic acids is 1. The Labute approximate surface area is 120 Å². The molecular weight excluding hydrogens is 254 g/mol. The molecule has 2 N–H and O–H groups in total. The fourth-order valence-electron chi connectivity index (χ4n) is 2.79. The van der Waals surface area contributed by atoms with Crippen molar-refractivity contribution in [1.29, 1.82) is 0 Å². The van der Waals surface area contributed by atoms with Crippen LogP contribution in [0.25, 0.3) is 0 Å². The molecule has 20 heavy (non-hydrogen) atoms. The molecule has 0 aliphatic heterocycles. The largest absolute Gasteiger partial charge is 0.395 e. The van der Waals surface area contributed by atoms with Crippen molar-refractivity contribution in [1.82, 2.24) is 9.88 Å². The molecule has 1 aromatic heterocycles. The van der Waals surface area contributed by atoms with E-state index in [1.165, 1.54) is 19.3 Å². The number of nitrogens with one attached hydrogen (secondary N) is 1. The highest BCUT2D eigenvalue weighted by atomic mass is 16.3. The number of aliphatic hydroxyl groups is 1. The summed E-state index contributed by atoms with van der Waals surface area (Å²) in [5.74, 6) is -0.0322. The molecule has 110 valence electrons. The predicted molar refractivity (Wildman–Crippen MR) is 78.4 cm³/mol. The number of hydrogen-bond donors (Lipinski definition) is 2. The molecule has 1 aromatic rings. The molecule has 5 nitrogen and oxygen atoms in total. The van der Waals surface area contributed by atoms with Gasteiger partial charge in [0.05, 0.1) is 13.2 Å². The van der Waals surface area contributed by atoms with Gasteiger partial charge in [0.15, 0.2) is 0 Å². The number of rotatable bonds is 6. The van der Waals surface area contributed by atoms with E-state index in [1.54, 1.807) is 24.5 Å². The zero-order valence-electron chi connectivity index (χ0n) is 11.8. The average Bonchev–Trinajstić information content (AvgIpc) is 2.49. The molecule has 1 amide bonds. The van der Waals surface area contributed by atoms with Gasteiger partial charge in [-0.15, -0.1) is 0 Å². The number of nitrogens with zero attached hydrogens (tertiary/aromatic N) is 2. The second-order valence-corrected chi connectivity index (χ2v) is 5.27. The monoisotopic (exact) mass is 277 g/mol. The Kier molecular flexibility index (Phi) is 5.95. The Morgan fingerprint density at radius 1 is 1.30 bits per heavy atom. The van der Waals surface area contributed by atoms with Gasteiger partial charge in [-0.25, -0.2) is 0 Å². The van der Waals surface area contributed by atoms with Gasteiger partial charge in [-0.1, -0.05) is 19.3 Å². The van der Waals surface area contributed by atoms with Crippen molar-refractivity contribution in [3.8, 4) is 0 Å². The summed E-state index contributed by atoms with van der Waals surface area (Å²) < 4.78 is 0. The zero-order valence-corrected chi connectivity index (χ0v) is 11.8. The Balaban J connectivity index is 1.88. The topological polar surface area (TPSA) is 65.5 Å². The normalized spacial score (nSPS) is 16.3. The molecule has 1 saturated carbocycles. The van der Waals surface area contributed by atoms with E-state index >= 15 is 0 Å². The van der Waals surface area contributed by atoms with E-state index in [9.17, 15) is 9.90 Å². The fraction of sp³-hybridized carbons (Fsp3) is 0.600. The summed E-state index contributed by atoms with van der Waals surface area (Å²) in [5.41, 5.74) is 0.762. The molecule has 5 heteroatoms. The van der Waals surface area contributed by atoms with Gasteiger partial charge in [0.2, 0.25) is 5.91 Å². The van der Waals surface area contributed by atoms with E-state index in [0.717, 1.165) is 18.5 Å². The standard InChI is InChI=1S/C15H23N3O2/c19-11-10-18(14-4-2-1-3-5-14)12-15(20)17-13-6-8-16-9-7-13/h6-9,14,19H,1-5,10-12H2,(H,16,17,20). The number of aliphatic hydroxyl groups excluding tert-OH is 1. The minimum Gasteiger partial charge on any atom is -0.395 e. The molecule has 0 unspecified atom stereocenters. The van der Waals surface area contributed by atoms with Crippen molar-refractivity contribution >= 4 is 11.6 Å². The second kappa shape index (κ2) is 7.97. The van der Waals surface area contributed by atoms with Crippen LogP contribution in [0.4, 0.5) is 5.69 Å². The van der Waals surface area contributed by atoms with Crippen LogP contribution in [-0.2, 0) is 4.79 Å². The van der Waals surface area contributed by atoms with Crippen molar-refractivity contribution < 1.29 is 9.90 Å². The zero-order chi connectivity index (χ0) is 14.2. The van der Waals surface area contributed by atoms with Gasteiger partial charge in [-0.2, -0.15) is 0 Å². The third-order valence-electron chi connectivity index (χ3n) is 3.79. The summed E-state index contributed by atoms with van der Waals surface area (Å²) in [6.07, 6.45) is 9.29. The van der Waals surface area contributed by atoms with Gasteiger partial charge >= 0.3 is 0 Å². The highest BCUT2D eigenvalue weighted by molar-refractivity contribution is 5.92. The second-order valence-electron chi connectivity index (χ2n) is 5.27. The molecule has 0 saturated heterocycles. The third-order valence-corrected chi connectivity index (χ3v) is 3.79. The van der Waals surface area contributed by atoms with Crippen LogP contribution in [0, 0.1) is 0 Å². The van der Waals surface area contributed by atoms with Crippen molar-refractivity contribution in [2.45, 2.75) is 38.1 Å². The van der Waals surface area contributed by atoms with Crippen LogP contribution in [0.5, 0.6) is 0 Å². The highest BCUT2D eigenvalue weighted by Crippen LogP contribution is 2.22. The lowest BCUT2D eigenvalue weighted by Crippen LogP contribution is -2.43. The summed E-state index contributed by atoms with van der Waals surface area (Å²) in [6.45, 7) is 1.00. The van der Waals surface area contributed by atoms with Gasteiger partial charge in [-0.05, 0) is 25.0 Å². The summed E-state index contributed by atoms with van der Waals surface area (Å²) in [4.78, 5) is 18.1. The molecule has 1 aliphatic rings. The van der Waals surface area contributed by atoms with Gasteiger partial charge < -0.3 is 10.4 Å². The number of aromatic nitrogens is 1. The lowest BCUT2D eigenvalue weighted by molar-refractivity contribution is -0.118. The first-order valence-corrected chi connectivity index (χ1v) is 7.34. The van der Waals surface area contributed by atoms with Crippen LogP contribution in [0.3, 0.4) is 0 Å². The number of pyridine rings is 1. The van der Waals surface area contributed by atoms with Crippen molar-refractivity contribution in [3.05, 3.63) is 24.5 Å². The number of carbonyl (C=O) groups is 1. The van der Waals surface area contributed by atoms with Gasteiger partial charge in [-0.3, -0.25) is 14.7 Å². The molecule has 1 heterocycles. The summed E-state index contributed by atoms with van der Waals surface area (Å²) in [5, 5.41) is 12.1. The molecule has 1 aliphatic carbocycles. The number of amides is 1. The van der Waals surface area contributed by atoms with Crippen LogP contribution < -0.4 is 5.32 Å². The van der Waals surface area contributed by atoms with Crippen LogP contribution in [0.15, 0.2) is 24.5 Å². The van der Waals surface area contributed by atoms with E-state index in [4.69, 9.17) is 0 Å². The molecule has 0 bridgehead atoms. The highest BCUT2D eigenvalue weighted by Gasteiger charge is 2.22. The minimum atomic E-state index is -0.0322. The Morgan fingerprint density at radius 2 is 2.00 bits per heavy atom. The van der Waals surface area contributed by atoms with E-state index in [2.05, 4.69) is 15.2 Å². The SMILES string of the molecule is O=C(CN(CCO)C1CCCCC1)Nc1ccncc1. The number of anilines is 1. The average molecular weight is 277 g/mol. The third kappa shape index (κ3) is 4.58. The lowest BCUT2D eigenvalue weighted by Gasteiger charge is -2.33. The molecule has 2 rings (SSSR count). The predicted octanol–water partition coefficient (Wildman–Crippen LogP) is 1.65. The molecule has 0 aromatic carbocycles. The van der Waals surface area contributed by atoms with Crippen LogP contribution in [0.2, 0.25) is 0 Å². The maximum absolute atomic E-state index is 12.1. The lowest BCUT2D eigenvalue weighted by atomic mass is 9.94. The molecule has 0 radical (unpaired) electrons. The van der Waals surface area contributed by atoms with Crippen LogP contribution >= 0.6 is 0 Å². The van der Waals surface area contributed by atoms with Crippen molar-refractivity contribution in [3.63, 3.8) is 0 Å². The Bertz CT molecular complexity index is 405. The summed E-state index contributed by atoms with van der Waals surface area (Å²) >= 11 is 0. The summed E-state index contributed by atoms with van der Waals surface area (Å²) in [7, 11) is 0. The number of hydrogen-bond acceptors (Lipinski definition) is 4. The smallest absolute Gasteiger partial charge is 0.238 e. The first-order valence-electron chi connectivity index (χ1n) is 7.34. The molecule has 0 spiro atoms. The van der Waals surface area contributed by atoms with Gasteiger partial charge in [0.25, 0.3) is 0 Å². The van der Waals surface area contributed by atoms with Crippen molar-refractivity contribution in [2.24, 2.45) is 0 Å². The maximum Gasteiger partial charge on any atom is 0.238 e. The van der Waals surface area contributed by atoms with E-state index in [-0.39, 0.29) is 12.5 Å². The minimum absolute atomic E-state index is 0.0322. The van der Waals surface area contributed by atoms with Crippen LogP contribution in [-0.4, -0.2) is 46.6 Å². The molecule has 0 atom stereocenters. The molecular formula is C15H23N3O2. The van der Waals surface area contributed by atoms with E-state index < -0.39 is 0 Å².